The van der Waals surface area contributed by atoms with Gasteiger partial charge in [-0.1, -0.05) is 0 Å². The Morgan fingerprint density at radius 2 is 1.51 bits per heavy atom. The van der Waals surface area contributed by atoms with E-state index in [1.54, 1.807) is 6.07 Å². The standard InChI is InChI=1S/C30H23NO2SSe/c1-29(2)19-8-5-6-11-23(19)31-24-20(29)9-7-10-21(24)30(3,4)22-15-16(35-28(22)31)14-18-25(32)17-12-13-34-27(17)26(18)33/h5-15H,1-4H3/b18-14-. The molecular formula is C30H23NO2SSe. The maximum absolute atomic E-state index is 13.0. The van der Waals surface area contributed by atoms with E-state index in [0.29, 0.717) is 16.0 Å². The van der Waals surface area contributed by atoms with Crippen LogP contribution in [0, 0.1) is 0 Å². The molecule has 4 heterocycles. The van der Waals surface area contributed by atoms with Crippen molar-refractivity contribution in [1.29, 1.82) is 0 Å². The van der Waals surface area contributed by atoms with Gasteiger partial charge in [-0.2, -0.15) is 0 Å². The summed E-state index contributed by atoms with van der Waals surface area (Å²) in [7, 11) is 0. The fraction of sp³-hybridized carbons (Fsp3) is 0.200. The molecule has 2 aliphatic heterocycles. The third-order valence-corrected chi connectivity index (χ3v) is 11.1. The van der Waals surface area contributed by atoms with Gasteiger partial charge in [-0.3, -0.25) is 0 Å². The molecule has 0 saturated carbocycles. The molecule has 0 N–H and O–H groups in total. The van der Waals surface area contributed by atoms with Crippen LogP contribution in [0.4, 0.5) is 15.9 Å². The molecule has 3 nitrogen and oxygen atoms in total. The van der Waals surface area contributed by atoms with Crippen molar-refractivity contribution in [2.24, 2.45) is 0 Å². The molecule has 2 aromatic carbocycles. The Morgan fingerprint density at radius 3 is 2.26 bits per heavy atom. The summed E-state index contributed by atoms with van der Waals surface area (Å²) in [4.78, 5) is 29.0. The van der Waals surface area contributed by atoms with E-state index in [4.69, 9.17) is 0 Å². The van der Waals surface area contributed by atoms with E-state index in [0.717, 1.165) is 4.44 Å². The molecule has 0 atom stereocenters. The van der Waals surface area contributed by atoms with Crippen molar-refractivity contribution in [3.05, 3.63) is 103 Å². The van der Waals surface area contributed by atoms with E-state index in [-0.39, 0.29) is 36.9 Å². The summed E-state index contributed by atoms with van der Waals surface area (Å²) in [5.74, 6) is -0.265. The molecule has 1 aliphatic carbocycles. The van der Waals surface area contributed by atoms with Gasteiger partial charge in [0.15, 0.2) is 0 Å². The van der Waals surface area contributed by atoms with E-state index in [1.165, 1.54) is 49.5 Å². The number of Topliss-reactive ketones (excluding diaryl/α,β-unsaturated/α-hetero) is 2. The van der Waals surface area contributed by atoms with Crippen molar-refractivity contribution in [3.8, 4) is 0 Å². The molecule has 172 valence electrons. The molecule has 7 rings (SSSR count). The zero-order chi connectivity index (χ0) is 24.3. The number of thiophene rings is 1. The Morgan fingerprint density at radius 1 is 0.829 bits per heavy atom. The number of hydrogen-bond donors (Lipinski definition) is 0. The van der Waals surface area contributed by atoms with Crippen LogP contribution < -0.4 is 4.90 Å². The number of nitrogens with zero attached hydrogens (tertiary/aromatic N) is 1. The van der Waals surface area contributed by atoms with Crippen molar-refractivity contribution < 1.29 is 9.59 Å². The third kappa shape index (κ3) is 2.61. The van der Waals surface area contributed by atoms with Gasteiger partial charge in [0.05, 0.1) is 0 Å². The predicted octanol–water partition coefficient (Wildman–Crippen LogP) is 7.02. The second-order valence-electron chi connectivity index (χ2n) is 10.6. The SMILES string of the molecule is CC1(C)c2ccccc2N2c3[se]c(/C=C4/C(=O)c5ccsc5C4=O)cc3C(C)(C)c3cccc1c32. The molecule has 0 saturated heterocycles. The van der Waals surface area contributed by atoms with Gasteiger partial charge in [-0.25, -0.2) is 0 Å². The average Bonchev–Trinajstić information content (AvgIpc) is 3.54. The quantitative estimate of drug-likeness (QED) is 0.148. The minimum atomic E-state index is -0.177. The summed E-state index contributed by atoms with van der Waals surface area (Å²) in [6.45, 7) is 9.24. The van der Waals surface area contributed by atoms with Crippen LogP contribution in [0.15, 0.2) is 65.6 Å². The van der Waals surface area contributed by atoms with Crippen molar-refractivity contribution in [3.63, 3.8) is 0 Å². The monoisotopic (exact) mass is 541 g/mol. The zero-order valence-corrected chi connectivity index (χ0v) is 22.5. The second-order valence-corrected chi connectivity index (χ2v) is 13.7. The molecule has 0 bridgehead atoms. The van der Waals surface area contributed by atoms with Crippen molar-refractivity contribution in [2.75, 3.05) is 4.90 Å². The minimum absolute atomic E-state index is 0.0322. The van der Waals surface area contributed by atoms with Crippen LogP contribution in [0.1, 0.15) is 74.4 Å². The summed E-state index contributed by atoms with van der Waals surface area (Å²) < 4.78 is 2.39. The topological polar surface area (TPSA) is 37.4 Å². The number of ketones is 2. The van der Waals surface area contributed by atoms with E-state index in [1.807, 2.05) is 11.5 Å². The van der Waals surface area contributed by atoms with Crippen LogP contribution in [0.2, 0.25) is 0 Å². The van der Waals surface area contributed by atoms with Crippen LogP contribution in [-0.2, 0) is 10.8 Å². The van der Waals surface area contributed by atoms with Gasteiger partial charge in [0.2, 0.25) is 0 Å². The number of para-hydroxylation sites is 2. The number of hydrogen-bond acceptors (Lipinski definition) is 4. The fourth-order valence-electron chi connectivity index (χ4n) is 6.00. The number of benzene rings is 2. The van der Waals surface area contributed by atoms with E-state index in [2.05, 4.69) is 81.1 Å². The first-order valence-electron chi connectivity index (χ1n) is 11.8. The zero-order valence-electron chi connectivity index (χ0n) is 19.9. The van der Waals surface area contributed by atoms with Gasteiger partial charge in [0.1, 0.15) is 0 Å². The molecule has 0 radical (unpaired) electrons. The summed E-state index contributed by atoms with van der Waals surface area (Å²) in [5, 5.41) is 1.82. The van der Waals surface area contributed by atoms with Gasteiger partial charge >= 0.3 is 215 Å². The van der Waals surface area contributed by atoms with Gasteiger partial charge in [0, 0.05) is 0 Å². The van der Waals surface area contributed by atoms with Crippen LogP contribution in [0.5, 0.6) is 0 Å². The molecular weight excluding hydrogens is 517 g/mol. The molecule has 0 spiro atoms. The second kappa shape index (κ2) is 6.82. The number of carbonyl (C=O) groups excluding carboxylic acids is 2. The molecule has 4 aromatic rings. The summed E-state index contributed by atoms with van der Waals surface area (Å²) in [5.41, 5.74) is 8.42. The Labute approximate surface area is 214 Å². The van der Waals surface area contributed by atoms with Gasteiger partial charge in [-0.15, -0.1) is 0 Å². The number of fused-ring (bicyclic) bond motifs is 5. The van der Waals surface area contributed by atoms with Crippen molar-refractivity contribution in [2.45, 2.75) is 38.5 Å². The predicted molar refractivity (Wildman–Crippen MR) is 143 cm³/mol. The number of allylic oxidation sites excluding steroid dienone is 1. The Balaban J connectivity index is 1.47. The molecule has 5 heteroatoms. The Hall–Kier alpha value is -2.98. The fourth-order valence-corrected chi connectivity index (χ4v) is 9.54. The molecule has 0 unspecified atom stereocenters. The van der Waals surface area contributed by atoms with Gasteiger partial charge < -0.3 is 0 Å². The molecule has 0 fully saturated rings. The first-order chi connectivity index (χ1) is 16.7. The Bertz CT molecular complexity index is 1620. The van der Waals surface area contributed by atoms with E-state index in [9.17, 15) is 9.59 Å². The Kier molecular flexibility index (Phi) is 4.15. The van der Waals surface area contributed by atoms with Gasteiger partial charge in [-0.05, 0) is 0 Å². The van der Waals surface area contributed by atoms with Crippen molar-refractivity contribution >= 4 is 59.4 Å². The first-order valence-corrected chi connectivity index (χ1v) is 14.4. The van der Waals surface area contributed by atoms with E-state index < -0.39 is 0 Å². The van der Waals surface area contributed by atoms with Crippen molar-refractivity contribution in [1.82, 2.24) is 0 Å². The average molecular weight is 541 g/mol. The summed E-state index contributed by atoms with van der Waals surface area (Å²) >= 11 is 1.33. The molecule has 3 aliphatic rings. The first kappa shape index (κ1) is 21.3. The molecule has 0 amide bonds. The number of anilines is 3. The van der Waals surface area contributed by atoms with E-state index >= 15 is 0 Å². The van der Waals surface area contributed by atoms with Crippen LogP contribution in [0.25, 0.3) is 6.08 Å². The normalized spacial score (nSPS) is 19.4. The molecule has 2 aromatic heterocycles. The maximum atomic E-state index is 13.0. The van der Waals surface area contributed by atoms with Crippen LogP contribution >= 0.6 is 11.3 Å². The van der Waals surface area contributed by atoms with Crippen LogP contribution in [0.3, 0.4) is 0 Å². The molecule has 35 heavy (non-hydrogen) atoms. The summed E-state index contributed by atoms with van der Waals surface area (Å²) in [6, 6.07) is 19.5. The van der Waals surface area contributed by atoms with Crippen LogP contribution in [-0.4, -0.2) is 26.1 Å². The number of rotatable bonds is 1. The van der Waals surface area contributed by atoms with Gasteiger partial charge in [0.25, 0.3) is 0 Å². The summed E-state index contributed by atoms with van der Waals surface area (Å²) in [6.07, 6.45) is 1.87. The number of carbonyl (C=O) groups is 2. The third-order valence-electron chi connectivity index (χ3n) is 7.92.